The summed E-state index contributed by atoms with van der Waals surface area (Å²) in [6, 6.07) is 0.928. The van der Waals surface area contributed by atoms with Gasteiger partial charge in [-0.05, 0) is 26.7 Å². The Morgan fingerprint density at radius 2 is 2.26 bits per heavy atom. The minimum absolute atomic E-state index is 0.0135. The Bertz CT molecular complexity index is 569. The molecule has 0 radical (unpaired) electrons. The van der Waals surface area contributed by atoms with Gasteiger partial charge in [-0.1, -0.05) is 6.08 Å². The summed E-state index contributed by atoms with van der Waals surface area (Å²) in [6.45, 7) is 7.95. The highest BCUT2D eigenvalue weighted by Gasteiger charge is 2.39. The molecular weight excluding hydrogens is 294 g/mol. The molecule has 126 valence electrons. The second-order valence-corrected chi connectivity index (χ2v) is 6.66. The van der Waals surface area contributed by atoms with Gasteiger partial charge < -0.3 is 15.3 Å². The Morgan fingerprint density at radius 3 is 2.91 bits per heavy atom. The maximum absolute atomic E-state index is 12.4. The number of rotatable bonds is 3. The van der Waals surface area contributed by atoms with Crippen LogP contribution in [0.25, 0.3) is 0 Å². The SMILES string of the molecule is CCN1C=C(C(=O)O)C(=O)C2=CCC(N3CCNC(C)C3)CC21. The molecule has 0 aromatic heterocycles. The molecule has 2 heterocycles. The van der Waals surface area contributed by atoms with Gasteiger partial charge >= 0.3 is 5.97 Å². The topological polar surface area (TPSA) is 72.9 Å². The van der Waals surface area contributed by atoms with Crippen LogP contribution in [0, 0.1) is 0 Å². The van der Waals surface area contributed by atoms with E-state index in [2.05, 4.69) is 17.1 Å². The quantitative estimate of drug-likeness (QED) is 0.743. The highest BCUT2D eigenvalue weighted by atomic mass is 16.4. The molecule has 0 aromatic carbocycles. The van der Waals surface area contributed by atoms with Crippen molar-refractivity contribution in [2.24, 2.45) is 0 Å². The average Bonchev–Trinajstić information content (AvgIpc) is 2.54. The van der Waals surface area contributed by atoms with Crippen molar-refractivity contribution >= 4 is 11.8 Å². The van der Waals surface area contributed by atoms with E-state index >= 15 is 0 Å². The molecule has 2 N–H and O–H groups in total. The van der Waals surface area contributed by atoms with Gasteiger partial charge in [-0.3, -0.25) is 9.69 Å². The number of nitrogens with zero attached hydrogens (tertiary/aromatic N) is 2. The number of fused-ring (bicyclic) bond motifs is 1. The molecule has 0 aromatic rings. The summed E-state index contributed by atoms with van der Waals surface area (Å²) in [5.74, 6) is -1.44. The zero-order valence-electron chi connectivity index (χ0n) is 13.8. The number of nitrogens with one attached hydrogen (secondary N) is 1. The molecule has 3 rings (SSSR count). The number of carboxylic acid groups (broad SMARTS) is 1. The van der Waals surface area contributed by atoms with Crippen LogP contribution in [0.15, 0.2) is 23.4 Å². The first-order valence-electron chi connectivity index (χ1n) is 8.44. The fourth-order valence-electron chi connectivity index (χ4n) is 3.96. The Kier molecular flexibility index (Phi) is 4.55. The number of carboxylic acids is 1. The zero-order chi connectivity index (χ0) is 16.6. The lowest BCUT2D eigenvalue weighted by Gasteiger charge is -2.44. The van der Waals surface area contributed by atoms with Crippen LogP contribution in [0.2, 0.25) is 0 Å². The number of carbonyl (C=O) groups excluding carboxylic acids is 1. The molecule has 0 saturated carbocycles. The van der Waals surface area contributed by atoms with E-state index in [4.69, 9.17) is 0 Å². The summed E-state index contributed by atoms with van der Waals surface area (Å²) in [4.78, 5) is 28.2. The molecule has 6 nitrogen and oxygen atoms in total. The van der Waals surface area contributed by atoms with E-state index in [1.54, 1.807) is 0 Å². The molecule has 0 amide bonds. The number of carbonyl (C=O) groups is 2. The van der Waals surface area contributed by atoms with E-state index in [1.165, 1.54) is 6.20 Å². The second kappa shape index (κ2) is 6.45. The monoisotopic (exact) mass is 319 g/mol. The fourth-order valence-corrected chi connectivity index (χ4v) is 3.96. The van der Waals surface area contributed by atoms with E-state index in [0.29, 0.717) is 24.2 Å². The number of Topliss-reactive ketones (excluding diaryl/α,β-unsaturated/α-hetero) is 1. The van der Waals surface area contributed by atoms with Gasteiger partial charge in [-0.15, -0.1) is 0 Å². The van der Waals surface area contributed by atoms with Crippen molar-refractivity contribution in [2.45, 2.75) is 44.8 Å². The zero-order valence-corrected chi connectivity index (χ0v) is 13.8. The average molecular weight is 319 g/mol. The second-order valence-electron chi connectivity index (χ2n) is 6.66. The molecule has 3 aliphatic rings. The van der Waals surface area contributed by atoms with Crippen LogP contribution >= 0.6 is 0 Å². The third-order valence-electron chi connectivity index (χ3n) is 5.18. The predicted molar refractivity (Wildman–Crippen MR) is 87.0 cm³/mol. The van der Waals surface area contributed by atoms with E-state index in [1.807, 2.05) is 17.9 Å². The van der Waals surface area contributed by atoms with Crippen LogP contribution in [-0.2, 0) is 9.59 Å². The molecule has 3 unspecified atom stereocenters. The number of hydrogen-bond acceptors (Lipinski definition) is 5. The van der Waals surface area contributed by atoms with Crippen LogP contribution in [0.4, 0.5) is 0 Å². The minimum atomic E-state index is -1.13. The molecule has 1 fully saturated rings. The molecular formula is C17H25N3O3. The molecule has 0 bridgehead atoms. The van der Waals surface area contributed by atoms with Gasteiger partial charge in [0.1, 0.15) is 5.57 Å². The lowest BCUT2D eigenvalue weighted by Crippen LogP contribution is -2.55. The predicted octanol–water partition coefficient (Wildman–Crippen LogP) is 0.611. The molecule has 1 aliphatic carbocycles. The number of ketones is 1. The Labute approximate surface area is 136 Å². The summed E-state index contributed by atoms with van der Waals surface area (Å²) in [5, 5.41) is 12.7. The third kappa shape index (κ3) is 3.05. The summed E-state index contributed by atoms with van der Waals surface area (Å²) in [6.07, 6.45) is 5.23. The molecule has 2 aliphatic heterocycles. The van der Waals surface area contributed by atoms with Crippen molar-refractivity contribution in [1.82, 2.24) is 15.1 Å². The van der Waals surface area contributed by atoms with Gasteiger partial charge in [0, 0.05) is 50.0 Å². The Hall–Kier alpha value is -1.66. The van der Waals surface area contributed by atoms with Crippen molar-refractivity contribution in [3.8, 4) is 0 Å². The summed E-state index contributed by atoms with van der Waals surface area (Å²) < 4.78 is 0. The van der Waals surface area contributed by atoms with Crippen LogP contribution in [0.3, 0.4) is 0 Å². The van der Waals surface area contributed by atoms with Crippen LogP contribution in [0.5, 0.6) is 0 Å². The van der Waals surface area contributed by atoms with Crippen LogP contribution < -0.4 is 5.32 Å². The van der Waals surface area contributed by atoms with Gasteiger partial charge in [0.25, 0.3) is 0 Å². The largest absolute Gasteiger partial charge is 0.477 e. The number of hydrogen-bond donors (Lipinski definition) is 2. The fraction of sp³-hybridized carbons (Fsp3) is 0.647. The van der Waals surface area contributed by atoms with E-state index < -0.39 is 5.97 Å². The summed E-state index contributed by atoms with van der Waals surface area (Å²) in [7, 11) is 0. The van der Waals surface area contributed by atoms with E-state index in [-0.39, 0.29) is 17.4 Å². The summed E-state index contributed by atoms with van der Waals surface area (Å²) in [5.41, 5.74) is 0.565. The molecule has 1 saturated heterocycles. The van der Waals surface area contributed by atoms with Crippen LogP contribution in [-0.4, -0.2) is 71.0 Å². The molecule has 0 spiro atoms. The first kappa shape index (κ1) is 16.2. The van der Waals surface area contributed by atoms with Crippen molar-refractivity contribution in [3.63, 3.8) is 0 Å². The van der Waals surface area contributed by atoms with Gasteiger partial charge in [0.2, 0.25) is 0 Å². The highest BCUT2D eigenvalue weighted by molar-refractivity contribution is 6.24. The van der Waals surface area contributed by atoms with Gasteiger partial charge in [-0.2, -0.15) is 0 Å². The first-order valence-corrected chi connectivity index (χ1v) is 8.44. The lowest BCUT2D eigenvalue weighted by molar-refractivity contribution is -0.134. The van der Waals surface area contributed by atoms with Gasteiger partial charge in [-0.25, -0.2) is 4.79 Å². The standard InChI is InChI=1S/C17H25N3O3/c1-3-19-10-14(17(22)23)16(21)13-5-4-12(8-15(13)19)20-7-6-18-11(2)9-20/h5,10-12,15,18H,3-4,6-9H2,1-2H3,(H,22,23). The lowest BCUT2D eigenvalue weighted by atomic mass is 9.82. The Balaban J connectivity index is 1.81. The van der Waals surface area contributed by atoms with Crippen LogP contribution in [0.1, 0.15) is 26.7 Å². The molecule has 6 heteroatoms. The van der Waals surface area contributed by atoms with E-state index in [0.717, 1.165) is 32.5 Å². The highest BCUT2D eigenvalue weighted by Crippen LogP contribution is 2.33. The van der Waals surface area contributed by atoms with Gasteiger partial charge in [0.05, 0.1) is 6.04 Å². The maximum Gasteiger partial charge on any atom is 0.341 e. The molecule has 3 atom stereocenters. The normalized spacial score (nSPS) is 32.2. The number of aliphatic carboxylic acids is 1. The Morgan fingerprint density at radius 1 is 1.48 bits per heavy atom. The first-order chi connectivity index (χ1) is 11.0. The maximum atomic E-state index is 12.4. The molecule has 23 heavy (non-hydrogen) atoms. The van der Waals surface area contributed by atoms with E-state index in [9.17, 15) is 14.7 Å². The van der Waals surface area contributed by atoms with Crippen molar-refractivity contribution in [2.75, 3.05) is 26.2 Å². The number of piperazine rings is 1. The number of likely N-dealkylation sites (N-methyl/N-ethyl adjacent to an activating group) is 1. The smallest absolute Gasteiger partial charge is 0.341 e. The summed E-state index contributed by atoms with van der Waals surface area (Å²) >= 11 is 0. The van der Waals surface area contributed by atoms with Crippen molar-refractivity contribution < 1.29 is 14.7 Å². The van der Waals surface area contributed by atoms with Crippen molar-refractivity contribution in [3.05, 3.63) is 23.4 Å². The van der Waals surface area contributed by atoms with Gasteiger partial charge in [0.15, 0.2) is 5.78 Å². The van der Waals surface area contributed by atoms with Crippen molar-refractivity contribution in [1.29, 1.82) is 0 Å². The minimum Gasteiger partial charge on any atom is -0.477 e. The third-order valence-corrected chi connectivity index (χ3v) is 5.18.